The third-order valence-corrected chi connectivity index (χ3v) is 3.10. The monoisotopic (exact) mass is 454 g/mol. The molecule has 0 heterocycles. The molecule has 0 aromatic heterocycles. The topological polar surface area (TPSA) is 128 Å². The van der Waals surface area contributed by atoms with Crippen LogP contribution < -0.4 is 0 Å². The summed E-state index contributed by atoms with van der Waals surface area (Å²) < 4.78 is 41.7. The highest BCUT2D eigenvalue weighted by atomic mass is 16.6. The fraction of sp³-hybridized carbons (Fsp3) is 0.900. The molecule has 0 saturated heterocycles. The molecule has 184 valence electrons. The van der Waals surface area contributed by atoms with Crippen LogP contribution in [-0.2, 0) is 47.5 Å². The van der Waals surface area contributed by atoms with Crippen LogP contribution in [0.1, 0.15) is 20.8 Å². The predicted octanol–water partition coefficient (Wildman–Crippen LogP) is 0.529. The zero-order chi connectivity index (χ0) is 23.2. The van der Waals surface area contributed by atoms with Gasteiger partial charge in [-0.05, 0) is 20.8 Å². The van der Waals surface area contributed by atoms with Crippen LogP contribution in [0.5, 0.6) is 0 Å². The van der Waals surface area contributed by atoms with Gasteiger partial charge in [-0.1, -0.05) is 0 Å². The van der Waals surface area contributed by atoms with Crippen LogP contribution in [-0.4, -0.2) is 115 Å². The van der Waals surface area contributed by atoms with Crippen LogP contribution in [0.4, 0.5) is 0 Å². The van der Waals surface area contributed by atoms with Gasteiger partial charge in [0.2, 0.25) is 0 Å². The molecule has 11 heteroatoms. The van der Waals surface area contributed by atoms with Crippen molar-refractivity contribution < 1.29 is 52.6 Å². The van der Waals surface area contributed by atoms with Crippen molar-refractivity contribution >= 4 is 11.9 Å². The number of carboxylic acid groups (broad SMARTS) is 1. The Kier molecular flexibility index (Phi) is 19.7. The van der Waals surface area contributed by atoms with E-state index in [-0.39, 0.29) is 19.8 Å². The molecule has 0 spiro atoms. The Bertz CT molecular complexity index is 437. The molecular weight excluding hydrogens is 416 g/mol. The zero-order valence-electron chi connectivity index (χ0n) is 18.9. The molecular formula is C20H38O11. The van der Waals surface area contributed by atoms with Gasteiger partial charge in [-0.15, -0.1) is 0 Å². The van der Waals surface area contributed by atoms with Gasteiger partial charge in [-0.2, -0.15) is 0 Å². The number of hydrogen-bond acceptors (Lipinski definition) is 10. The molecule has 0 aliphatic rings. The smallest absolute Gasteiger partial charge is 0.332 e. The second kappa shape index (κ2) is 20.6. The van der Waals surface area contributed by atoms with Gasteiger partial charge >= 0.3 is 11.9 Å². The third kappa shape index (κ3) is 26.6. The summed E-state index contributed by atoms with van der Waals surface area (Å²) in [4.78, 5) is 21.6. The Balaban J connectivity index is 3.13. The summed E-state index contributed by atoms with van der Waals surface area (Å²) in [5.41, 5.74) is -0.511. The molecule has 0 fully saturated rings. The van der Waals surface area contributed by atoms with Gasteiger partial charge in [-0.25, -0.2) is 9.59 Å². The molecule has 0 aromatic rings. The van der Waals surface area contributed by atoms with Crippen LogP contribution in [0.15, 0.2) is 0 Å². The minimum absolute atomic E-state index is 0.0885. The molecule has 0 rings (SSSR count). The van der Waals surface area contributed by atoms with Crippen molar-refractivity contribution in [1.82, 2.24) is 0 Å². The molecule has 0 aliphatic heterocycles. The summed E-state index contributed by atoms with van der Waals surface area (Å²) in [5.74, 6) is -1.39. The van der Waals surface area contributed by atoms with Gasteiger partial charge in [0.25, 0.3) is 0 Å². The second-order valence-corrected chi connectivity index (χ2v) is 7.15. The van der Waals surface area contributed by atoms with Crippen molar-refractivity contribution in [3.05, 3.63) is 0 Å². The van der Waals surface area contributed by atoms with E-state index >= 15 is 0 Å². The lowest BCUT2D eigenvalue weighted by molar-refractivity contribution is -0.160. The maximum atomic E-state index is 11.4. The van der Waals surface area contributed by atoms with Crippen molar-refractivity contribution in [1.29, 1.82) is 0 Å². The van der Waals surface area contributed by atoms with Gasteiger partial charge in [0, 0.05) is 0 Å². The Morgan fingerprint density at radius 1 is 0.548 bits per heavy atom. The number of carbonyl (C=O) groups is 2. The molecule has 0 amide bonds. The highest BCUT2D eigenvalue weighted by molar-refractivity contribution is 5.71. The van der Waals surface area contributed by atoms with Crippen LogP contribution >= 0.6 is 0 Å². The summed E-state index contributed by atoms with van der Waals surface area (Å²) in [6.07, 6.45) is 0. The van der Waals surface area contributed by atoms with Gasteiger partial charge in [-0.3, -0.25) is 0 Å². The lowest BCUT2D eigenvalue weighted by atomic mass is 10.2. The van der Waals surface area contributed by atoms with E-state index in [0.29, 0.717) is 72.7 Å². The minimum Gasteiger partial charge on any atom is -0.480 e. The third-order valence-electron chi connectivity index (χ3n) is 3.10. The van der Waals surface area contributed by atoms with Crippen molar-refractivity contribution in [2.45, 2.75) is 26.4 Å². The first-order valence-electron chi connectivity index (χ1n) is 10.3. The molecule has 0 bridgehead atoms. The molecule has 0 aliphatic carbocycles. The van der Waals surface area contributed by atoms with Crippen molar-refractivity contribution in [3.63, 3.8) is 0 Å². The van der Waals surface area contributed by atoms with Crippen LogP contribution in [0.3, 0.4) is 0 Å². The SMILES string of the molecule is CC(C)(C)OC(=O)COCCOCCOCCOCCOCCOCCOCC(=O)O. The lowest BCUT2D eigenvalue weighted by Crippen LogP contribution is -2.27. The fourth-order valence-electron chi connectivity index (χ4n) is 1.90. The summed E-state index contributed by atoms with van der Waals surface area (Å²) in [7, 11) is 0. The maximum Gasteiger partial charge on any atom is 0.332 e. The van der Waals surface area contributed by atoms with Gasteiger partial charge in [0.15, 0.2) is 0 Å². The molecule has 1 N–H and O–H groups in total. The fourth-order valence-corrected chi connectivity index (χ4v) is 1.90. The predicted molar refractivity (Wildman–Crippen MR) is 109 cm³/mol. The van der Waals surface area contributed by atoms with E-state index in [0.717, 1.165) is 0 Å². The average Bonchev–Trinajstić information content (AvgIpc) is 2.67. The van der Waals surface area contributed by atoms with Crippen molar-refractivity contribution in [2.24, 2.45) is 0 Å². The molecule has 0 radical (unpaired) electrons. The number of rotatable bonds is 22. The normalized spacial score (nSPS) is 11.6. The first-order chi connectivity index (χ1) is 14.8. The largest absolute Gasteiger partial charge is 0.480 e. The van der Waals surface area contributed by atoms with E-state index in [1.165, 1.54) is 0 Å². The Morgan fingerprint density at radius 2 is 0.839 bits per heavy atom. The molecule has 0 atom stereocenters. The van der Waals surface area contributed by atoms with E-state index in [1.54, 1.807) is 20.8 Å². The first kappa shape index (κ1) is 29.7. The van der Waals surface area contributed by atoms with E-state index in [9.17, 15) is 9.59 Å². The van der Waals surface area contributed by atoms with Crippen LogP contribution in [0.25, 0.3) is 0 Å². The molecule has 0 unspecified atom stereocenters. The molecule has 0 aromatic carbocycles. The quantitative estimate of drug-likeness (QED) is 0.182. The van der Waals surface area contributed by atoms with E-state index < -0.39 is 17.5 Å². The minimum atomic E-state index is -0.999. The highest BCUT2D eigenvalue weighted by Crippen LogP contribution is 2.06. The lowest BCUT2D eigenvalue weighted by Gasteiger charge is -2.19. The number of ether oxygens (including phenoxy) is 8. The van der Waals surface area contributed by atoms with E-state index in [2.05, 4.69) is 0 Å². The number of hydrogen-bond donors (Lipinski definition) is 1. The van der Waals surface area contributed by atoms with Gasteiger partial charge in [0.1, 0.15) is 18.8 Å². The number of carbonyl (C=O) groups excluding carboxylic acids is 1. The molecule has 0 saturated carbocycles. The van der Waals surface area contributed by atoms with Crippen molar-refractivity contribution in [3.8, 4) is 0 Å². The number of esters is 1. The van der Waals surface area contributed by atoms with Gasteiger partial charge < -0.3 is 43.0 Å². The summed E-state index contributed by atoms with van der Waals surface area (Å²) in [6.45, 7) is 9.78. The van der Waals surface area contributed by atoms with E-state index in [4.69, 9.17) is 43.0 Å². The van der Waals surface area contributed by atoms with E-state index in [1.807, 2.05) is 0 Å². The van der Waals surface area contributed by atoms with Gasteiger partial charge in [0.05, 0.1) is 79.3 Å². The molecule has 31 heavy (non-hydrogen) atoms. The van der Waals surface area contributed by atoms with Crippen LogP contribution in [0.2, 0.25) is 0 Å². The van der Waals surface area contributed by atoms with Crippen LogP contribution in [0, 0.1) is 0 Å². The highest BCUT2D eigenvalue weighted by Gasteiger charge is 2.15. The Hall–Kier alpha value is -1.34. The molecule has 11 nitrogen and oxygen atoms in total. The Labute approximate surface area is 184 Å². The zero-order valence-corrected chi connectivity index (χ0v) is 18.9. The summed E-state index contributed by atoms with van der Waals surface area (Å²) >= 11 is 0. The Morgan fingerprint density at radius 3 is 1.13 bits per heavy atom. The average molecular weight is 455 g/mol. The first-order valence-corrected chi connectivity index (χ1v) is 10.3. The second-order valence-electron chi connectivity index (χ2n) is 7.15. The maximum absolute atomic E-state index is 11.4. The standard InChI is InChI=1S/C20H38O11/c1-20(2,3)31-19(23)17-30-15-13-28-11-9-26-7-5-24-4-6-25-8-10-27-12-14-29-16-18(21)22/h4-17H2,1-3H3,(H,21,22). The summed E-state index contributed by atoms with van der Waals surface area (Å²) in [5, 5.41) is 8.38. The summed E-state index contributed by atoms with van der Waals surface area (Å²) in [6, 6.07) is 0. The van der Waals surface area contributed by atoms with Crippen molar-refractivity contribution in [2.75, 3.05) is 92.5 Å². The number of carboxylic acids is 1. The number of aliphatic carboxylic acids is 1.